The quantitative estimate of drug-likeness (QED) is 0.419. The number of rotatable bonds is 15. The Balaban J connectivity index is 3.21. The van der Waals surface area contributed by atoms with Crippen molar-refractivity contribution >= 4 is 10.0 Å². The highest BCUT2D eigenvalue weighted by molar-refractivity contribution is 7.90. The second kappa shape index (κ2) is 13.2. The summed E-state index contributed by atoms with van der Waals surface area (Å²) >= 11 is 0. The SMILES string of the molecule is CC(C)NCCOCCOCCOCCNS(=O)(=O)C(C)C. The summed E-state index contributed by atoms with van der Waals surface area (Å²) in [4.78, 5) is 0. The van der Waals surface area contributed by atoms with Crippen molar-refractivity contribution in [1.29, 1.82) is 0 Å². The van der Waals surface area contributed by atoms with Crippen LogP contribution in [0.1, 0.15) is 27.7 Å². The van der Waals surface area contributed by atoms with E-state index in [1.807, 2.05) is 0 Å². The molecule has 134 valence electrons. The van der Waals surface area contributed by atoms with Crippen molar-refractivity contribution in [2.24, 2.45) is 0 Å². The van der Waals surface area contributed by atoms with Crippen molar-refractivity contribution < 1.29 is 22.6 Å². The summed E-state index contributed by atoms with van der Waals surface area (Å²) in [7, 11) is -3.20. The molecule has 7 nitrogen and oxygen atoms in total. The summed E-state index contributed by atoms with van der Waals surface area (Å²) in [6.45, 7) is 11.6. The molecule has 0 aromatic rings. The number of nitrogens with one attached hydrogen (secondary N) is 2. The normalized spacial score (nSPS) is 12.5. The van der Waals surface area contributed by atoms with Crippen molar-refractivity contribution in [3.8, 4) is 0 Å². The minimum absolute atomic E-state index is 0.284. The molecule has 0 saturated heterocycles. The van der Waals surface area contributed by atoms with Gasteiger partial charge in [-0.25, -0.2) is 13.1 Å². The van der Waals surface area contributed by atoms with Crippen LogP contribution in [0, 0.1) is 0 Å². The molecular weight excluding hydrogens is 308 g/mol. The van der Waals surface area contributed by atoms with Crippen LogP contribution in [0.25, 0.3) is 0 Å². The van der Waals surface area contributed by atoms with Crippen LogP contribution in [0.15, 0.2) is 0 Å². The minimum Gasteiger partial charge on any atom is -0.378 e. The van der Waals surface area contributed by atoms with Crippen LogP contribution in [-0.4, -0.2) is 72.4 Å². The molecule has 0 unspecified atom stereocenters. The van der Waals surface area contributed by atoms with E-state index < -0.39 is 15.3 Å². The first kappa shape index (κ1) is 21.8. The zero-order valence-corrected chi connectivity index (χ0v) is 15.1. The maximum Gasteiger partial charge on any atom is 0.214 e. The molecule has 0 saturated carbocycles. The van der Waals surface area contributed by atoms with E-state index in [0.717, 1.165) is 6.54 Å². The molecule has 0 aliphatic rings. The monoisotopic (exact) mass is 340 g/mol. The van der Waals surface area contributed by atoms with Crippen LogP contribution in [0.2, 0.25) is 0 Å². The molecule has 0 spiro atoms. The fraction of sp³-hybridized carbons (Fsp3) is 1.00. The van der Waals surface area contributed by atoms with Gasteiger partial charge in [0.2, 0.25) is 10.0 Å². The van der Waals surface area contributed by atoms with Gasteiger partial charge in [0.1, 0.15) is 0 Å². The molecule has 8 heteroatoms. The van der Waals surface area contributed by atoms with Gasteiger partial charge in [-0.15, -0.1) is 0 Å². The van der Waals surface area contributed by atoms with Crippen molar-refractivity contribution in [2.45, 2.75) is 39.0 Å². The summed E-state index contributed by atoms with van der Waals surface area (Å²) in [6, 6.07) is 0.474. The molecule has 0 bridgehead atoms. The van der Waals surface area contributed by atoms with Crippen LogP contribution in [-0.2, 0) is 24.2 Å². The van der Waals surface area contributed by atoms with E-state index in [0.29, 0.717) is 45.7 Å². The summed E-state index contributed by atoms with van der Waals surface area (Å²) in [5, 5.41) is 2.83. The molecule has 0 aliphatic carbocycles. The van der Waals surface area contributed by atoms with Gasteiger partial charge >= 0.3 is 0 Å². The first-order chi connectivity index (χ1) is 10.4. The molecule has 0 rings (SSSR count). The average Bonchev–Trinajstić information content (AvgIpc) is 2.43. The van der Waals surface area contributed by atoms with Crippen molar-refractivity contribution in [1.82, 2.24) is 10.0 Å². The molecule has 0 aromatic carbocycles. The van der Waals surface area contributed by atoms with Gasteiger partial charge in [0, 0.05) is 19.1 Å². The molecule has 22 heavy (non-hydrogen) atoms. The summed E-state index contributed by atoms with van der Waals surface area (Å²) < 4.78 is 41.4. The zero-order chi connectivity index (χ0) is 16.8. The predicted octanol–water partition coefficient (Wildman–Crippen LogP) is 0.362. The number of ether oxygens (including phenoxy) is 3. The molecule has 0 fully saturated rings. The van der Waals surface area contributed by atoms with E-state index in [-0.39, 0.29) is 6.54 Å². The molecule has 0 radical (unpaired) electrons. The highest BCUT2D eigenvalue weighted by Gasteiger charge is 2.13. The fourth-order valence-electron chi connectivity index (χ4n) is 1.38. The Kier molecular flexibility index (Phi) is 13.1. The second-order valence-corrected chi connectivity index (χ2v) is 7.76. The topological polar surface area (TPSA) is 85.9 Å². The maximum atomic E-state index is 11.4. The average molecular weight is 340 g/mol. The Bertz CT molecular complexity index is 347. The van der Waals surface area contributed by atoms with Gasteiger partial charge in [0.15, 0.2) is 0 Å². The zero-order valence-electron chi connectivity index (χ0n) is 14.3. The lowest BCUT2D eigenvalue weighted by Gasteiger charge is -2.10. The van der Waals surface area contributed by atoms with E-state index in [1.165, 1.54) is 0 Å². The lowest BCUT2D eigenvalue weighted by molar-refractivity contribution is 0.0160. The van der Waals surface area contributed by atoms with Crippen LogP contribution in [0.5, 0.6) is 0 Å². The highest BCUT2D eigenvalue weighted by Crippen LogP contribution is 1.94. The van der Waals surface area contributed by atoms with Crippen LogP contribution in [0.4, 0.5) is 0 Å². The van der Waals surface area contributed by atoms with Crippen LogP contribution >= 0.6 is 0 Å². The number of sulfonamides is 1. The van der Waals surface area contributed by atoms with Gasteiger partial charge in [0.25, 0.3) is 0 Å². The van der Waals surface area contributed by atoms with E-state index in [4.69, 9.17) is 14.2 Å². The largest absolute Gasteiger partial charge is 0.378 e. The van der Waals surface area contributed by atoms with E-state index in [9.17, 15) is 8.42 Å². The van der Waals surface area contributed by atoms with Crippen LogP contribution in [0.3, 0.4) is 0 Å². The summed E-state index contributed by atoms with van der Waals surface area (Å²) in [6.07, 6.45) is 0. The summed E-state index contributed by atoms with van der Waals surface area (Å²) in [5.74, 6) is 0. The van der Waals surface area contributed by atoms with Gasteiger partial charge < -0.3 is 19.5 Å². The first-order valence-corrected chi connectivity index (χ1v) is 9.36. The Labute approximate surface area is 135 Å². The van der Waals surface area contributed by atoms with Gasteiger partial charge in [-0.3, -0.25) is 0 Å². The first-order valence-electron chi connectivity index (χ1n) is 7.81. The van der Waals surface area contributed by atoms with Crippen molar-refractivity contribution in [2.75, 3.05) is 52.7 Å². The minimum atomic E-state index is -3.20. The van der Waals surface area contributed by atoms with Gasteiger partial charge in [-0.2, -0.15) is 0 Å². The standard InChI is InChI=1S/C14H32N2O5S/c1-13(2)15-5-7-19-9-11-21-12-10-20-8-6-16-22(17,18)14(3)4/h13-16H,5-12H2,1-4H3. The Hall–Kier alpha value is -0.250. The Morgan fingerprint density at radius 3 is 1.68 bits per heavy atom. The molecule has 0 atom stereocenters. The third-order valence-electron chi connectivity index (χ3n) is 2.71. The van der Waals surface area contributed by atoms with Gasteiger partial charge in [0.05, 0.1) is 44.9 Å². The maximum absolute atomic E-state index is 11.4. The summed E-state index contributed by atoms with van der Waals surface area (Å²) in [5.41, 5.74) is 0. The molecular formula is C14H32N2O5S. The molecule has 0 amide bonds. The molecule has 0 heterocycles. The smallest absolute Gasteiger partial charge is 0.214 e. The van der Waals surface area contributed by atoms with E-state index in [2.05, 4.69) is 23.9 Å². The highest BCUT2D eigenvalue weighted by atomic mass is 32.2. The predicted molar refractivity (Wildman–Crippen MR) is 87.7 cm³/mol. The Morgan fingerprint density at radius 2 is 1.23 bits per heavy atom. The lowest BCUT2D eigenvalue weighted by atomic mass is 10.4. The van der Waals surface area contributed by atoms with E-state index >= 15 is 0 Å². The fourth-order valence-corrected chi connectivity index (χ4v) is 2.09. The third-order valence-corrected chi connectivity index (χ3v) is 4.56. The number of hydrogen-bond acceptors (Lipinski definition) is 6. The van der Waals surface area contributed by atoms with Gasteiger partial charge in [-0.1, -0.05) is 13.8 Å². The second-order valence-electron chi connectivity index (χ2n) is 5.43. The number of hydrogen-bond donors (Lipinski definition) is 2. The molecule has 2 N–H and O–H groups in total. The van der Waals surface area contributed by atoms with E-state index in [1.54, 1.807) is 13.8 Å². The third kappa shape index (κ3) is 13.4. The van der Waals surface area contributed by atoms with Crippen LogP contribution < -0.4 is 10.0 Å². The molecule has 0 aromatic heterocycles. The molecule has 0 aliphatic heterocycles. The lowest BCUT2D eigenvalue weighted by Crippen LogP contribution is -2.33. The van der Waals surface area contributed by atoms with Crippen molar-refractivity contribution in [3.05, 3.63) is 0 Å². The Morgan fingerprint density at radius 1 is 0.773 bits per heavy atom. The van der Waals surface area contributed by atoms with Crippen molar-refractivity contribution in [3.63, 3.8) is 0 Å². The van der Waals surface area contributed by atoms with Gasteiger partial charge in [-0.05, 0) is 13.8 Å².